The van der Waals surface area contributed by atoms with Crippen molar-refractivity contribution in [3.8, 4) is 5.75 Å². The van der Waals surface area contributed by atoms with Crippen LogP contribution >= 0.6 is 11.6 Å². The number of aliphatic hydroxyl groups excluding tert-OH is 1. The third kappa shape index (κ3) is 5.23. The third-order valence-corrected chi connectivity index (χ3v) is 5.89. The molecule has 2 aromatic carbocycles. The van der Waals surface area contributed by atoms with Crippen molar-refractivity contribution in [1.82, 2.24) is 4.90 Å². The van der Waals surface area contributed by atoms with E-state index in [0.717, 1.165) is 5.56 Å². The van der Waals surface area contributed by atoms with E-state index in [1.165, 1.54) is 4.90 Å². The first-order valence-electron chi connectivity index (χ1n) is 11.0. The predicted molar refractivity (Wildman–Crippen MR) is 129 cm³/mol. The molecule has 6 nitrogen and oxygen atoms in total. The summed E-state index contributed by atoms with van der Waals surface area (Å²) in [7, 11) is 1.59. The van der Waals surface area contributed by atoms with Gasteiger partial charge in [0.25, 0.3) is 11.7 Å². The molecule has 0 radical (unpaired) electrons. The number of hydrogen-bond donors (Lipinski definition) is 1. The number of hydrogen-bond acceptors (Lipinski definition) is 5. The summed E-state index contributed by atoms with van der Waals surface area (Å²) in [5.41, 5.74) is 2.08. The van der Waals surface area contributed by atoms with Crippen LogP contribution in [0, 0.1) is 0 Å². The molecular formula is C26H30ClNO5. The molecule has 1 unspecified atom stereocenters. The van der Waals surface area contributed by atoms with Gasteiger partial charge in [0.1, 0.15) is 11.5 Å². The fourth-order valence-electron chi connectivity index (χ4n) is 3.98. The summed E-state index contributed by atoms with van der Waals surface area (Å²) in [5.74, 6) is -0.775. The second-order valence-electron chi connectivity index (χ2n) is 8.58. The van der Waals surface area contributed by atoms with Gasteiger partial charge in [0.05, 0.1) is 31.4 Å². The second-order valence-corrected chi connectivity index (χ2v) is 9.01. The number of ketones is 1. The molecule has 3 rings (SSSR count). The molecule has 1 heterocycles. The van der Waals surface area contributed by atoms with Gasteiger partial charge in [-0.3, -0.25) is 9.59 Å². The van der Waals surface area contributed by atoms with Crippen LogP contribution in [0.4, 0.5) is 0 Å². The van der Waals surface area contributed by atoms with Crippen molar-refractivity contribution in [2.75, 3.05) is 20.3 Å². The molecular weight excluding hydrogens is 442 g/mol. The van der Waals surface area contributed by atoms with E-state index in [0.29, 0.717) is 21.9 Å². The van der Waals surface area contributed by atoms with Crippen molar-refractivity contribution in [1.29, 1.82) is 0 Å². The Morgan fingerprint density at radius 2 is 1.76 bits per heavy atom. The molecule has 1 saturated heterocycles. The van der Waals surface area contributed by atoms with E-state index < -0.39 is 17.7 Å². The van der Waals surface area contributed by atoms with Gasteiger partial charge in [-0.25, -0.2) is 0 Å². The van der Waals surface area contributed by atoms with Crippen LogP contribution in [0.25, 0.3) is 5.76 Å². The zero-order valence-electron chi connectivity index (χ0n) is 19.6. The van der Waals surface area contributed by atoms with Gasteiger partial charge < -0.3 is 19.5 Å². The second kappa shape index (κ2) is 10.4. The Balaban J connectivity index is 2.13. The predicted octanol–water partition coefficient (Wildman–Crippen LogP) is 5.32. The van der Waals surface area contributed by atoms with Gasteiger partial charge in [0, 0.05) is 17.1 Å². The number of methoxy groups -OCH3 is 1. The van der Waals surface area contributed by atoms with E-state index in [-0.39, 0.29) is 36.5 Å². The van der Waals surface area contributed by atoms with Crippen LogP contribution < -0.4 is 4.74 Å². The van der Waals surface area contributed by atoms with E-state index in [9.17, 15) is 14.7 Å². The molecule has 0 saturated carbocycles. The van der Waals surface area contributed by atoms with Crippen LogP contribution in [-0.2, 0) is 14.3 Å². The van der Waals surface area contributed by atoms with Crippen LogP contribution in [0.2, 0.25) is 5.02 Å². The average Bonchev–Trinajstić information content (AvgIpc) is 3.03. The van der Waals surface area contributed by atoms with Gasteiger partial charge in [-0.15, -0.1) is 0 Å². The van der Waals surface area contributed by atoms with Crippen LogP contribution in [0.1, 0.15) is 56.3 Å². The average molecular weight is 472 g/mol. The number of amides is 1. The minimum Gasteiger partial charge on any atom is -0.507 e. The van der Waals surface area contributed by atoms with Crippen molar-refractivity contribution in [2.24, 2.45) is 0 Å². The maximum absolute atomic E-state index is 13.1. The Morgan fingerprint density at radius 1 is 1.09 bits per heavy atom. The van der Waals surface area contributed by atoms with Crippen LogP contribution in [0.3, 0.4) is 0 Å². The lowest BCUT2D eigenvalue weighted by atomic mass is 9.93. The molecule has 33 heavy (non-hydrogen) atoms. The maximum Gasteiger partial charge on any atom is 0.295 e. The summed E-state index contributed by atoms with van der Waals surface area (Å²) in [6, 6.07) is 11.4. The van der Waals surface area contributed by atoms with Crippen molar-refractivity contribution in [2.45, 2.75) is 45.8 Å². The molecule has 1 fully saturated rings. The first-order valence-corrected chi connectivity index (χ1v) is 11.4. The highest BCUT2D eigenvalue weighted by molar-refractivity contribution is 6.46. The van der Waals surface area contributed by atoms with Crippen LogP contribution in [0.5, 0.6) is 5.75 Å². The highest BCUT2D eigenvalue weighted by atomic mass is 35.5. The molecule has 0 bridgehead atoms. The fraction of sp³-hybridized carbons (Fsp3) is 0.385. The molecule has 1 N–H and O–H groups in total. The van der Waals surface area contributed by atoms with Gasteiger partial charge in [0.15, 0.2) is 0 Å². The number of benzene rings is 2. The normalized spacial score (nSPS) is 17.9. The highest BCUT2D eigenvalue weighted by Gasteiger charge is 2.46. The molecule has 2 aromatic rings. The minimum absolute atomic E-state index is 0.00967. The van der Waals surface area contributed by atoms with E-state index in [4.69, 9.17) is 21.1 Å². The number of carbonyl (C=O) groups is 2. The zero-order chi connectivity index (χ0) is 24.3. The highest BCUT2D eigenvalue weighted by Crippen LogP contribution is 2.40. The largest absolute Gasteiger partial charge is 0.507 e. The number of halogens is 1. The van der Waals surface area contributed by atoms with Gasteiger partial charge >= 0.3 is 0 Å². The number of likely N-dealkylation sites (tertiary alicyclic amines) is 1. The molecule has 0 aromatic heterocycles. The standard InChI is InChI=1S/C26H30ClNO5/c1-15(2)20-14-18(8-11-21(20)32-5)24(29)22-23(17-6-9-19(27)10-7-17)28(26(31)25(22)30)12-13-33-16(3)4/h6-11,14-16,23,29H,12-13H2,1-5H3/b24-22-. The number of rotatable bonds is 8. The summed E-state index contributed by atoms with van der Waals surface area (Å²) >= 11 is 6.06. The van der Waals surface area contributed by atoms with Crippen LogP contribution in [0.15, 0.2) is 48.0 Å². The van der Waals surface area contributed by atoms with E-state index in [1.54, 1.807) is 49.6 Å². The maximum atomic E-state index is 13.1. The molecule has 7 heteroatoms. The lowest BCUT2D eigenvalue weighted by Crippen LogP contribution is -2.33. The summed E-state index contributed by atoms with van der Waals surface area (Å²) in [6.45, 7) is 8.33. The Labute approximate surface area is 199 Å². The quantitative estimate of drug-likeness (QED) is 0.320. The van der Waals surface area contributed by atoms with Crippen molar-refractivity contribution in [3.05, 3.63) is 69.8 Å². The van der Waals surface area contributed by atoms with Crippen molar-refractivity contribution in [3.63, 3.8) is 0 Å². The van der Waals surface area contributed by atoms with E-state index >= 15 is 0 Å². The molecule has 1 aliphatic rings. The minimum atomic E-state index is -0.748. The van der Waals surface area contributed by atoms with Gasteiger partial charge in [0.2, 0.25) is 0 Å². The Hall–Kier alpha value is -2.83. The van der Waals surface area contributed by atoms with Crippen molar-refractivity contribution >= 4 is 29.1 Å². The number of Topliss-reactive ketones (excluding diaryl/α,β-unsaturated/α-hetero) is 1. The zero-order valence-corrected chi connectivity index (χ0v) is 20.3. The molecule has 1 amide bonds. The topological polar surface area (TPSA) is 76.1 Å². The molecule has 0 aliphatic carbocycles. The molecule has 1 aliphatic heterocycles. The summed E-state index contributed by atoms with van der Waals surface area (Å²) < 4.78 is 11.1. The smallest absolute Gasteiger partial charge is 0.295 e. The molecule has 1 atom stereocenters. The monoisotopic (exact) mass is 471 g/mol. The van der Waals surface area contributed by atoms with E-state index in [1.807, 2.05) is 27.7 Å². The summed E-state index contributed by atoms with van der Waals surface area (Å²) in [6.07, 6.45) is -0.00967. The Morgan fingerprint density at radius 3 is 2.33 bits per heavy atom. The first-order chi connectivity index (χ1) is 15.6. The lowest BCUT2D eigenvalue weighted by molar-refractivity contribution is -0.140. The van der Waals surface area contributed by atoms with Gasteiger partial charge in [-0.1, -0.05) is 37.6 Å². The Kier molecular flexibility index (Phi) is 7.82. The SMILES string of the molecule is COc1ccc(/C(O)=C2/C(=O)C(=O)N(CCOC(C)C)C2c2ccc(Cl)cc2)cc1C(C)C. The lowest BCUT2D eigenvalue weighted by Gasteiger charge is -2.25. The summed E-state index contributed by atoms with van der Waals surface area (Å²) in [5, 5.41) is 11.8. The van der Waals surface area contributed by atoms with Gasteiger partial charge in [-0.05, 0) is 61.2 Å². The van der Waals surface area contributed by atoms with E-state index in [2.05, 4.69) is 0 Å². The number of carbonyl (C=O) groups excluding carboxylic acids is 2. The van der Waals surface area contributed by atoms with Crippen molar-refractivity contribution < 1.29 is 24.2 Å². The Bertz CT molecular complexity index is 1060. The number of aliphatic hydroxyl groups is 1. The van der Waals surface area contributed by atoms with Crippen LogP contribution in [-0.4, -0.2) is 48.1 Å². The third-order valence-electron chi connectivity index (χ3n) is 5.63. The molecule has 176 valence electrons. The fourth-order valence-corrected chi connectivity index (χ4v) is 4.10. The number of ether oxygens (including phenoxy) is 2. The molecule has 0 spiro atoms. The van der Waals surface area contributed by atoms with Gasteiger partial charge in [-0.2, -0.15) is 0 Å². The summed E-state index contributed by atoms with van der Waals surface area (Å²) in [4.78, 5) is 27.6. The first kappa shape index (κ1) is 24.8. The number of nitrogens with zero attached hydrogens (tertiary/aromatic N) is 1.